The first-order valence-corrected chi connectivity index (χ1v) is 2.37. The lowest BCUT2D eigenvalue weighted by atomic mass is 10.3. The molecule has 0 bridgehead atoms. The smallest absolute Gasteiger partial charge is 0.244 e. The Labute approximate surface area is 47.8 Å². The normalized spacial score (nSPS) is 18.6. The lowest BCUT2D eigenvalue weighted by molar-refractivity contribution is 0.242. The average Bonchev–Trinajstić information content (AvgIpc) is 1.77. The van der Waals surface area contributed by atoms with E-state index in [0.717, 1.165) is 5.57 Å². The molecule has 0 aromatic carbocycles. The summed E-state index contributed by atoms with van der Waals surface area (Å²) in [4.78, 5) is 10.2. The van der Waals surface area contributed by atoms with Gasteiger partial charge in [0.25, 0.3) is 0 Å². The molecule has 0 aromatic heterocycles. The van der Waals surface area contributed by atoms with E-state index >= 15 is 0 Å². The Balaban J connectivity index is 2.55. The van der Waals surface area contributed by atoms with Gasteiger partial charge in [-0.25, -0.2) is 15.4 Å². The minimum absolute atomic E-state index is 0.365. The minimum Gasteiger partial charge on any atom is -0.244 e. The summed E-state index contributed by atoms with van der Waals surface area (Å²) in [6.45, 7) is 2.40. The van der Waals surface area contributed by atoms with Crippen LogP contribution in [-0.4, -0.2) is 12.6 Å². The number of nitrogens with zero attached hydrogens (tertiary/aromatic N) is 2. The lowest BCUT2D eigenvalue weighted by Gasteiger charge is -2.04. The van der Waals surface area contributed by atoms with Crippen molar-refractivity contribution >= 4 is 6.03 Å². The first kappa shape index (κ1) is 5.15. The maximum absolute atomic E-state index is 10.2. The van der Waals surface area contributed by atoms with Crippen molar-refractivity contribution in [3.8, 4) is 0 Å². The molecule has 2 amide bonds. The third-order valence-corrected chi connectivity index (χ3v) is 0.859. The monoisotopic (exact) mass is 110 g/mol. The van der Waals surface area contributed by atoms with Crippen molar-refractivity contribution in [3.05, 3.63) is 11.8 Å². The average molecular weight is 110 g/mol. The predicted octanol–water partition coefficient (Wildman–Crippen LogP) is 0.233. The second kappa shape index (κ2) is 1.86. The summed E-state index contributed by atoms with van der Waals surface area (Å²) in [5, 5.41) is 6.98. The van der Waals surface area contributed by atoms with Crippen molar-refractivity contribution in [2.24, 2.45) is 0 Å². The third-order valence-electron chi connectivity index (χ3n) is 0.859. The van der Waals surface area contributed by atoms with Crippen LogP contribution in [0, 0.1) is 0 Å². The molecule has 0 N–H and O–H groups in total. The molecule has 0 aromatic rings. The quantitative estimate of drug-likeness (QED) is 0.440. The van der Waals surface area contributed by atoms with E-state index in [2.05, 4.69) is 10.6 Å². The summed E-state index contributed by atoms with van der Waals surface area (Å²) in [6.07, 6.45) is 1.55. The van der Waals surface area contributed by atoms with Gasteiger partial charge in [-0.3, -0.25) is 0 Å². The van der Waals surface area contributed by atoms with Crippen LogP contribution in [0.15, 0.2) is 11.8 Å². The molecule has 0 saturated carbocycles. The second-order valence-corrected chi connectivity index (χ2v) is 1.70. The van der Waals surface area contributed by atoms with Gasteiger partial charge in [-0.2, -0.15) is 0 Å². The maximum atomic E-state index is 10.2. The van der Waals surface area contributed by atoms with E-state index in [1.165, 1.54) is 0 Å². The van der Waals surface area contributed by atoms with E-state index in [-0.39, 0.29) is 6.03 Å². The Bertz CT molecular complexity index is 139. The molecule has 1 rings (SSSR count). The number of hydrogen-bond donors (Lipinski definition) is 0. The number of carbonyl (C=O) groups is 1. The zero-order chi connectivity index (χ0) is 5.98. The summed E-state index contributed by atoms with van der Waals surface area (Å²) >= 11 is 0. The van der Waals surface area contributed by atoms with Crippen molar-refractivity contribution in [1.82, 2.24) is 10.6 Å². The van der Waals surface area contributed by atoms with Crippen molar-refractivity contribution in [2.75, 3.05) is 6.54 Å². The molecular weight excluding hydrogens is 104 g/mol. The van der Waals surface area contributed by atoms with Crippen LogP contribution < -0.4 is 10.6 Å². The Morgan fingerprint density at radius 3 is 2.88 bits per heavy atom. The van der Waals surface area contributed by atoms with Gasteiger partial charge in [0.1, 0.15) is 0 Å². The molecule has 0 spiro atoms. The van der Waals surface area contributed by atoms with E-state index in [1.807, 2.05) is 6.92 Å². The number of rotatable bonds is 0. The fourth-order valence-corrected chi connectivity index (χ4v) is 0.439. The standard InChI is InChI=1S/C5H6N2O/c1-4-2-6-5(8)7-3-4/h2H,3H2,1H3. The fraction of sp³-hybridized carbons (Fsp3) is 0.400. The highest BCUT2D eigenvalue weighted by Gasteiger charge is 2.06. The molecule has 0 saturated heterocycles. The van der Waals surface area contributed by atoms with Crippen LogP contribution in [0.5, 0.6) is 0 Å². The van der Waals surface area contributed by atoms with E-state index in [0.29, 0.717) is 6.54 Å². The van der Waals surface area contributed by atoms with Crippen molar-refractivity contribution in [2.45, 2.75) is 6.92 Å². The van der Waals surface area contributed by atoms with Gasteiger partial charge in [0, 0.05) is 6.20 Å². The van der Waals surface area contributed by atoms with Gasteiger partial charge in [0.15, 0.2) is 0 Å². The van der Waals surface area contributed by atoms with Crippen LogP contribution in [0.1, 0.15) is 6.92 Å². The van der Waals surface area contributed by atoms with E-state index in [4.69, 9.17) is 0 Å². The molecule has 3 nitrogen and oxygen atoms in total. The molecule has 0 aliphatic carbocycles. The number of hydrogen-bond acceptors (Lipinski definition) is 1. The zero-order valence-electron chi connectivity index (χ0n) is 4.59. The molecular formula is C5H6N2O. The summed E-state index contributed by atoms with van der Waals surface area (Å²) in [6, 6.07) is -0.365. The van der Waals surface area contributed by atoms with Crippen LogP contribution in [0.2, 0.25) is 0 Å². The number of urea groups is 1. The van der Waals surface area contributed by atoms with E-state index < -0.39 is 0 Å². The molecule has 1 aliphatic heterocycles. The molecule has 42 valence electrons. The zero-order valence-corrected chi connectivity index (χ0v) is 4.59. The highest BCUT2D eigenvalue weighted by atomic mass is 16.2. The Morgan fingerprint density at radius 2 is 2.50 bits per heavy atom. The van der Waals surface area contributed by atoms with E-state index in [1.54, 1.807) is 6.20 Å². The Kier molecular flexibility index (Phi) is 1.20. The SMILES string of the molecule is CC1=C[N]C(=O)[N]C1. The second-order valence-electron chi connectivity index (χ2n) is 1.70. The molecule has 1 aliphatic rings. The fourth-order valence-electron chi connectivity index (χ4n) is 0.439. The van der Waals surface area contributed by atoms with Gasteiger partial charge in [-0.05, 0) is 12.5 Å². The van der Waals surface area contributed by atoms with Gasteiger partial charge in [0.2, 0.25) is 0 Å². The first-order valence-electron chi connectivity index (χ1n) is 2.37. The molecule has 8 heavy (non-hydrogen) atoms. The molecule has 2 radical (unpaired) electrons. The molecule has 0 unspecified atom stereocenters. The van der Waals surface area contributed by atoms with Gasteiger partial charge in [0.05, 0.1) is 6.54 Å². The van der Waals surface area contributed by atoms with Crippen LogP contribution in [0.3, 0.4) is 0 Å². The summed E-state index contributed by atoms with van der Waals surface area (Å²) in [5.41, 5.74) is 1.03. The van der Waals surface area contributed by atoms with Gasteiger partial charge in [-0.15, -0.1) is 0 Å². The van der Waals surface area contributed by atoms with Crippen LogP contribution in [0.4, 0.5) is 4.79 Å². The third kappa shape index (κ3) is 0.992. The molecule has 0 fully saturated rings. The van der Waals surface area contributed by atoms with Gasteiger partial charge < -0.3 is 0 Å². The van der Waals surface area contributed by atoms with Gasteiger partial charge >= 0.3 is 6.03 Å². The topological polar surface area (TPSA) is 45.3 Å². The lowest BCUT2D eigenvalue weighted by Crippen LogP contribution is -2.27. The van der Waals surface area contributed by atoms with Crippen molar-refractivity contribution < 1.29 is 4.79 Å². The van der Waals surface area contributed by atoms with Gasteiger partial charge in [-0.1, -0.05) is 0 Å². The molecule has 1 heterocycles. The molecule has 3 heteroatoms. The Morgan fingerprint density at radius 1 is 1.75 bits per heavy atom. The largest absolute Gasteiger partial charge is 0.362 e. The van der Waals surface area contributed by atoms with Crippen molar-refractivity contribution in [1.29, 1.82) is 0 Å². The maximum Gasteiger partial charge on any atom is 0.362 e. The summed E-state index contributed by atoms with van der Waals surface area (Å²) < 4.78 is 0. The van der Waals surface area contributed by atoms with E-state index in [9.17, 15) is 4.79 Å². The van der Waals surface area contributed by atoms with Crippen LogP contribution in [-0.2, 0) is 0 Å². The van der Waals surface area contributed by atoms with Crippen molar-refractivity contribution in [3.63, 3.8) is 0 Å². The number of amides is 2. The van der Waals surface area contributed by atoms with Crippen LogP contribution in [0.25, 0.3) is 0 Å². The molecule has 0 atom stereocenters. The number of carbonyl (C=O) groups excluding carboxylic acids is 1. The minimum atomic E-state index is -0.365. The first-order chi connectivity index (χ1) is 3.79. The summed E-state index contributed by atoms with van der Waals surface area (Å²) in [5.74, 6) is 0. The predicted molar refractivity (Wildman–Crippen MR) is 28.3 cm³/mol. The highest BCUT2D eigenvalue weighted by Crippen LogP contribution is 1.93. The highest BCUT2D eigenvalue weighted by molar-refractivity contribution is 5.75. The Hall–Kier alpha value is -0.990. The summed E-state index contributed by atoms with van der Waals surface area (Å²) in [7, 11) is 0. The van der Waals surface area contributed by atoms with Crippen LogP contribution >= 0.6 is 0 Å².